The second kappa shape index (κ2) is 8.09. The van der Waals surface area contributed by atoms with Crippen molar-refractivity contribution >= 4 is 22.2 Å². The summed E-state index contributed by atoms with van der Waals surface area (Å²) in [7, 11) is 3.12. The summed E-state index contributed by atoms with van der Waals surface area (Å²) in [6, 6.07) is 9.04. The number of aromatic nitrogens is 5. The molecule has 5 aromatic rings. The molecule has 0 saturated heterocycles. The van der Waals surface area contributed by atoms with E-state index in [2.05, 4.69) is 15.0 Å². The van der Waals surface area contributed by atoms with E-state index in [1.807, 2.05) is 6.07 Å². The summed E-state index contributed by atoms with van der Waals surface area (Å²) >= 11 is 0. The molecule has 2 aromatic carbocycles. The van der Waals surface area contributed by atoms with Gasteiger partial charge in [-0.1, -0.05) is 0 Å². The molecule has 3 aromatic heterocycles. The highest BCUT2D eigenvalue weighted by Crippen LogP contribution is 2.34. The Labute approximate surface area is 187 Å². The van der Waals surface area contributed by atoms with Gasteiger partial charge in [-0.2, -0.15) is 0 Å². The number of hydrogen-bond donors (Lipinski definition) is 0. The lowest BCUT2D eigenvalue weighted by atomic mass is 10.0. The highest BCUT2D eigenvalue weighted by Gasteiger charge is 2.23. The van der Waals surface area contributed by atoms with Crippen LogP contribution in [0.15, 0.2) is 55.1 Å². The van der Waals surface area contributed by atoms with Crippen molar-refractivity contribution in [2.24, 2.45) is 0 Å². The van der Waals surface area contributed by atoms with Crippen molar-refractivity contribution in [3.8, 4) is 22.8 Å². The highest BCUT2D eigenvalue weighted by molar-refractivity contribution is 5.80. The lowest BCUT2D eigenvalue weighted by molar-refractivity contribution is 0.395. The van der Waals surface area contributed by atoms with E-state index in [4.69, 9.17) is 14.5 Å². The molecule has 0 fully saturated rings. The van der Waals surface area contributed by atoms with Gasteiger partial charge in [0, 0.05) is 34.8 Å². The molecule has 9 heteroatoms. The molecular weight excluding hydrogens is 428 g/mol. The fourth-order valence-corrected chi connectivity index (χ4v) is 3.92. The normalized spacial score (nSPS) is 12.3. The fourth-order valence-electron chi connectivity index (χ4n) is 3.92. The second-order valence-corrected chi connectivity index (χ2v) is 7.45. The molecule has 0 spiro atoms. The summed E-state index contributed by atoms with van der Waals surface area (Å²) in [5.41, 5.74) is 2.14. The molecule has 33 heavy (non-hydrogen) atoms. The largest absolute Gasteiger partial charge is 0.497 e. The standard InChI is InChI=1S/C24H19F2N5O2/c1-13(21-17(25)10-18-16(22(21)26)5-4-8-27-18)31-12-29-23-24(31)30-19(11-28-23)15-7-6-14(32-2)9-20(15)33-3/h4-13H,1-3H3. The molecule has 0 N–H and O–H groups in total. The van der Waals surface area contributed by atoms with E-state index in [-0.39, 0.29) is 16.5 Å². The first-order chi connectivity index (χ1) is 16.0. The predicted molar refractivity (Wildman–Crippen MR) is 119 cm³/mol. The number of nitrogens with zero attached hydrogens (tertiary/aromatic N) is 5. The lowest BCUT2D eigenvalue weighted by Gasteiger charge is -2.17. The van der Waals surface area contributed by atoms with Crippen LogP contribution in [0, 0.1) is 11.6 Å². The molecule has 1 atom stereocenters. The second-order valence-electron chi connectivity index (χ2n) is 7.45. The number of hydrogen-bond acceptors (Lipinski definition) is 6. The van der Waals surface area contributed by atoms with Crippen molar-refractivity contribution < 1.29 is 18.3 Å². The van der Waals surface area contributed by atoms with Crippen molar-refractivity contribution in [1.82, 2.24) is 24.5 Å². The van der Waals surface area contributed by atoms with Crippen LogP contribution in [-0.2, 0) is 0 Å². The minimum atomic E-state index is -0.734. The third kappa shape index (κ3) is 3.42. The molecule has 1 unspecified atom stereocenters. The van der Waals surface area contributed by atoms with Crippen LogP contribution in [0.5, 0.6) is 11.5 Å². The van der Waals surface area contributed by atoms with Crippen LogP contribution in [-0.4, -0.2) is 38.7 Å². The van der Waals surface area contributed by atoms with Crippen LogP contribution < -0.4 is 9.47 Å². The van der Waals surface area contributed by atoms with Crippen molar-refractivity contribution in [1.29, 1.82) is 0 Å². The average Bonchev–Trinajstić information content (AvgIpc) is 3.26. The zero-order valence-electron chi connectivity index (χ0n) is 18.1. The van der Waals surface area contributed by atoms with Crippen LogP contribution in [0.25, 0.3) is 33.5 Å². The fraction of sp³-hybridized carbons (Fsp3) is 0.167. The van der Waals surface area contributed by atoms with Gasteiger partial charge in [0.2, 0.25) is 0 Å². The maximum atomic E-state index is 15.3. The van der Waals surface area contributed by atoms with E-state index < -0.39 is 17.7 Å². The zero-order chi connectivity index (χ0) is 23.1. The summed E-state index contributed by atoms with van der Waals surface area (Å²) in [6.07, 6.45) is 4.56. The number of imidazole rings is 1. The Morgan fingerprint density at radius 2 is 1.85 bits per heavy atom. The number of methoxy groups -OCH3 is 2. The maximum Gasteiger partial charge on any atom is 0.197 e. The van der Waals surface area contributed by atoms with Gasteiger partial charge in [-0.05, 0) is 31.2 Å². The molecule has 0 radical (unpaired) electrons. The van der Waals surface area contributed by atoms with Crippen LogP contribution >= 0.6 is 0 Å². The molecule has 166 valence electrons. The van der Waals surface area contributed by atoms with Gasteiger partial charge in [0.25, 0.3) is 0 Å². The number of ether oxygens (including phenoxy) is 2. The monoisotopic (exact) mass is 447 g/mol. The van der Waals surface area contributed by atoms with Gasteiger partial charge in [-0.25, -0.2) is 23.7 Å². The molecule has 0 aliphatic heterocycles. The lowest BCUT2D eigenvalue weighted by Crippen LogP contribution is -2.11. The number of rotatable bonds is 5. The van der Waals surface area contributed by atoms with E-state index in [0.717, 1.165) is 0 Å². The number of fused-ring (bicyclic) bond motifs is 2. The Bertz CT molecular complexity index is 1500. The Morgan fingerprint density at radius 3 is 2.64 bits per heavy atom. The summed E-state index contributed by atoms with van der Waals surface area (Å²) in [4.78, 5) is 17.4. The molecule has 0 saturated carbocycles. The van der Waals surface area contributed by atoms with Crippen molar-refractivity contribution in [3.05, 3.63) is 72.3 Å². The van der Waals surface area contributed by atoms with Gasteiger partial charge in [0.1, 0.15) is 23.1 Å². The SMILES string of the molecule is COc1ccc(-c2cnc3ncn(C(C)c4c(F)cc5ncccc5c4F)c3n2)c(OC)c1. The van der Waals surface area contributed by atoms with Gasteiger partial charge in [-0.3, -0.25) is 4.98 Å². The minimum absolute atomic E-state index is 0.0935. The Hall–Kier alpha value is -4.14. The summed E-state index contributed by atoms with van der Waals surface area (Å²) in [5, 5.41) is 0.250. The van der Waals surface area contributed by atoms with E-state index in [1.165, 1.54) is 18.6 Å². The smallest absolute Gasteiger partial charge is 0.197 e. The molecule has 3 heterocycles. The molecule has 0 bridgehead atoms. The van der Waals surface area contributed by atoms with Gasteiger partial charge >= 0.3 is 0 Å². The first kappa shape index (κ1) is 20.7. The van der Waals surface area contributed by atoms with E-state index >= 15 is 4.39 Å². The predicted octanol–water partition coefficient (Wildman–Crippen LogP) is 4.95. The average molecular weight is 447 g/mol. The Kier molecular flexibility index (Phi) is 5.08. The molecular formula is C24H19F2N5O2. The zero-order valence-corrected chi connectivity index (χ0v) is 18.1. The van der Waals surface area contributed by atoms with Gasteiger partial charge in [-0.15, -0.1) is 0 Å². The van der Waals surface area contributed by atoms with Crippen LogP contribution in [0.4, 0.5) is 8.78 Å². The van der Waals surface area contributed by atoms with Crippen molar-refractivity contribution in [2.45, 2.75) is 13.0 Å². The van der Waals surface area contributed by atoms with Gasteiger partial charge in [0.05, 0.1) is 44.0 Å². The third-order valence-corrected chi connectivity index (χ3v) is 5.64. The number of benzene rings is 2. The van der Waals surface area contributed by atoms with Crippen molar-refractivity contribution in [3.63, 3.8) is 0 Å². The minimum Gasteiger partial charge on any atom is -0.497 e. The summed E-state index contributed by atoms with van der Waals surface area (Å²) < 4.78 is 42.6. The van der Waals surface area contributed by atoms with E-state index in [0.29, 0.717) is 34.1 Å². The van der Waals surface area contributed by atoms with E-state index in [1.54, 1.807) is 56.2 Å². The van der Waals surface area contributed by atoms with Gasteiger partial charge in [0.15, 0.2) is 11.3 Å². The topological polar surface area (TPSA) is 75.0 Å². The molecule has 0 aliphatic carbocycles. The summed E-state index contributed by atoms with van der Waals surface area (Å²) in [5.74, 6) is -0.149. The van der Waals surface area contributed by atoms with Crippen LogP contribution in [0.2, 0.25) is 0 Å². The molecule has 0 aliphatic rings. The first-order valence-corrected chi connectivity index (χ1v) is 10.2. The van der Waals surface area contributed by atoms with E-state index in [9.17, 15) is 4.39 Å². The Morgan fingerprint density at radius 1 is 1.00 bits per heavy atom. The molecule has 7 nitrogen and oxygen atoms in total. The van der Waals surface area contributed by atoms with Crippen LogP contribution in [0.1, 0.15) is 18.5 Å². The summed E-state index contributed by atoms with van der Waals surface area (Å²) in [6.45, 7) is 1.69. The highest BCUT2D eigenvalue weighted by atomic mass is 19.1. The Balaban J connectivity index is 1.64. The quantitative estimate of drug-likeness (QED) is 0.380. The number of halogens is 2. The van der Waals surface area contributed by atoms with Gasteiger partial charge < -0.3 is 14.0 Å². The van der Waals surface area contributed by atoms with Crippen molar-refractivity contribution in [2.75, 3.05) is 14.2 Å². The third-order valence-electron chi connectivity index (χ3n) is 5.64. The first-order valence-electron chi connectivity index (χ1n) is 10.2. The maximum absolute atomic E-state index is 15.3. The molecule has 0 amide bonds. The van der Waals surface area contributed by atoms with Crippen LogP contribution in [0.3, 0.4) is 0 Å². The molecule has 5 rings (SSSR count). The number of pyridine rings is 1.